The van der Waals surface area contributed by atoms with Gasteiger partial charge in [0.2, 0.25) is 5.91 Å². The van der Waals surface area contributed by atoms with Crippen molar-refractivity contribution in [3.05, 3.63) is 35.4 Å². The third-order valence-corrected chi connectivity index (χ3v) is 2.98. The summed E-state index contributed by atoms with van der Waals surface area (Å²) in [4.78, 5) is 13.9. The second-order valence-corrected chi connectivity index (χ2v) is 4.34. The maximum atomic E-state index is 12.1. The number of carbonyl (C=O) groups is 1. The Bertz CT molecular complexity index is 393. The van der Waals surface area contributed by atoms with Crippen LogP contribution in [0.3, 0.4) is 0 Å². The van der Waals surface area contributed by atoms with Crippen molar-refractivity contribution in [2.45, 2.75) is 26.4 Å². The highest BCUT2D eigenvalue weighted by molar-refractivity contribution is 5.81. The fourth-order valence-electron chi connectivity index (χ4n) is 1.82. The Morgan fingerprint density at radius 2 is 2.11 bits per heavy atom. The molecular weight excluding hydrogens is 228 g/mol. The van der Waals surface area contributed by atoms with E-state index in [0.717, 1.165) is 5.56 Å². The van der Waals surface area contributed by atoms with E-state index < -0.39 is 6.04 Å². The van der Waals surface area contributed by atoms with Crippen LogP contribution < -0.4 is 5.73 Å². The van der Waals surface area contributed by atoms with Crippen LogP contribution in [0.1, 0.15) is 18.1 Å². The van der Waals surface area contributed by atoms with Crippen LogP contribution in [0.4, 0.5) is 0 Å². The summed E-state index contributed by atoms with van der Waals surface area (Å²) in [7, 11) is 1.55. The summed E-state index contributed by atoms with van der Waals surface area (Å²) >= 11 is 0. The minimum absolute atomic E-state index is 0.0670. The van der Waals surface area contributed by atoms with Gasteiger partial charge in [0.15, 0.2) is 0 Å². The summed E-state index contributed by atoms with van der Waals surface area (Å²) in [5, 5.41) is 0. The lowest BCUT2D eigenvalue weighted by atomic mass is 10.1. The second kappa shape index (κ2) is 7.13. The number of nitrogens with zero attached hydrogens (tertiary/aromatic N) is 1. The molecule has 0 fully saturated rings. The summed E-state index contributed by atoms with van der Waals surface area (Å²) in [6.07, 6.45) is 0. The fraction of sp³-hybridized carbons (Fsp3) is 0.500. The highest BCUT2D eigenvalue weighted by Gasteiger charge is 2.20. The van der Waals surface area contributed by atoms with Gasteiger partial charge in [-0.2, -0.15) is 0 Å². The van der Waals surface area contributed by atoms with Gasteiger partial charge in [0.1, 0.15) is 6.04 Å². The molecule has 1 amide bonds. The zero-order valence-corrected chi connectivity index (χ0v) is 11.3. The topological polar surface area (TPSA) is 55.6 Å². The first-order valence-corrected chi connectivity index (χ1v) is 6.18. The average molecular weight is 250 g/mol. The van der Waals surface area contributed by atoms with E-state index >= 15 is 0 Å². The number of amides is 1. The van der Waals surface area contributed by atoms with E-state index in [2.05, 4.69) is 0 Å². The lowest BCUT2D eigenvalue weighted by Gasteiger charge is -2.24. The lowest BCUT2D eigenvalue weighted by molar-refractivity contribution is -0.134. The highest BCUT2D eigenvalue weighted by Crippen LogP contribution is 2.11. The lowest BCUT2D eigenvalue weighted by Crippen LogP contribution is -2.45. The Labute approximate surface area is 109 Å². The first kappa shape index (κ1) is 14.7. The average Bonchev–Trinajstić information content (AvgIpc) is 2.37. The third-order valence-electron chi connectivity index (χ3n) is 2.98. The Balaban J connectivity index is 2.73. The molecule has 4 nitrogen and oxygen atoms in total. The molecule has 100 valence electrons. The van der Waals surface area contributed by atoms with Gasteiger partial charge in [0, 0.05) is 20.2 Å². The highest BCUT2D eigenvalue weighted by atomic mass is 16.5. The quantitative estimate of drug-likeness (QED) is 0.828. The van der Waals surface area contributed by atoms with Crippen LogP contribution in [0, 0.1) is 6.92 Å². The predicted octanol–water partition coefficient (Wildman–Crippen LogP) is 1.32. The van der Waals surface area contributed by atoms with Crippen molar-refractivity contribution in [3.63, 3.8) is 0 Å². The summed E-state index contributed by atoms with van der Waals surface area (Å²) in [6.45, 7) is 5.49. The van der Waals surface area contributed by atoms with E-state index in [1.54, 1.807) is 12.0 Å². The van der Waals surface area contributed by atoms with Crippen LogP contribution in [-0.2, 0) is 16.1 Å². The zero-order chi connectivity index (χ0) is 13.5. The molecule has 1 rings (SSSR count). The van der Waals surface area contributed by atoms with Gasteiger partial charge in [-0.3, -0.25) is 4.79 Å². The van der Waals surface area contributed by atoms with Crippen molar-refractivity contribution in [2.75, 3.05) is 20.3 Å². The fourth-order valence-corrected chi connectivity index (χ4v) is 1.82. The van der Waals surface area contributed by atoms with E-state index in [-0.39, 0.29) is 12.5 Å². The number of carbonyl (C=O) groups excluding carboxylic acids is 1. The van der Waals surface area contributed by atoms with Gasteiger partial charge in [-0.1, -0.05) is 24.3 Å². The molecule has 0 aromatic heterocycles. The Morgan fingerprint density at radius 1 is 1.44 bits per heavy atom. The molecule has 1 aromatic rings. The Morgan fingerprint density at radius 3 is 2.67 bits per heavy atom. The van der Waals surface area contributed by atoms with Crippen LogP contribution in [0.2, 0.25) is 0 Å². The molecule has 1 atom stereocenters. The maximum absolute atomic E-state index is 12.1. The number of likely N-dealkylation sites (N-methyl/N-ethyl adjacent to an activating group) is 1. The van der Waals surface area contributed by atoms with Crippen molar-refractivity contribution in [3.8, 4) is 0 Å². The number of hydrogen-bond acceptors (Lipinski definition) is 3. The monoisotopic (exact) mass is 250 g/mol. The van der Waals surface area contributed by atoms with E-state index in [1.807, 2.05) is 38.1 Å². The molecule has 1 unspecified atom stereocenters. The molecule has 0 radical (unpaired) electrons. The number of benzene rings is 1. The van der Waals surface area contributed by atoms with Gasteiger partial charge in [0.05, 0.1) is 6.61 Å². The van der Waals surface area contributed by atoms with Gasteiger partial charge in [-0.15, -0.1) is 0 Å². The van der Waals surface area contributed by atoms with Gasteiger partial charge >= 0.3 is 0 Å². The second-order valence-electron chi connectivity index (χ2n) is 4.34. The van der Waals surface area contributed by atoms with Crippen molar-refractivity contribution in [1.82, 2.24) is 4.90 Å². The molecule has 0 saturated carbocycles. The smallest absolute Gasteiger partial charge is 0.242 e. The Kier molecular flexibility index (Phi) is 5.82. The molecule has 4 heteroatoms. The minimum atomic E-state index is -0.584. The summed E-state index contributed by atoms with van der Waals surface area (Å²) in [5.74, 6) is -0.0670. The number of aryl methyl sites for hydroxylation is 1. The molecule has 0 spiro atoms. The standard InChI is InChI=1S/C14H22N2O2/c1-4-16(14(17)13(15)10-18-3)9-12-8-6-5-7-11(12)2/h5-8,13H,4,9-10,15H2,1-3H3. The van der Waals surface area contributed by atoms with Crippen LogP contribution in [0.15, 0.2) is 24.3 Å². The molecule has 18 heavy (non-hydrogen) atoms. The molecule has 0 aliphatic rings. The number of rotatable bonds is 6. The van der Waals surface area contributed by atoms with Crippen LogP contribution >= 0.6 is 0 Å². The number of ether oxygens (including phenoxy) is 1. The van der Waals surface area contributed by atoms with Crippen LogP contribution in [0.5, 0.6) is 0 Å². The van der Waals surface area contributed by atoms with Crippen molar-refractivity contribution < 1.29 is 9.53 Å². The van der Waals surface area contributed by atoms with Crippen LogP contribution in [-0.4, -0.2) is 37.1 Å². The van der Waals surface area contributed by atoms with Crippen LogP contribution in [0.25, 0.3) is 0 Å². The summed E-state index contributed by atoms with van der Waals surface area (Å²) < 4.78 is 4.92. The normalized spacial score (nSPS) is 12.2. The summed E-state index contributed by atoms with van der Waals surface area (Å²) in [5.41, 5.74) is 8.11. The zero-order valence-electron chi connectivity index (χ0n) is 11.3. The first-order chi connectivity index (χ1) is 8.60. The van der Waals surface area contributed by atoms with Gasteiger partial charge < -0.3 is 15.4 Å². The van der Waals surface area contributed by atoms with E-state index in [0.29, 0.717) is 13.1 Å². The molecule has 0 heterocycles. The molecule has 0 saturated heterocycles. The maximum Gasteiger partial charge on any atom is 0.242 e. The first-order valence-electron chi connectivity index (χ1n) is 6.18. The number of methoxy groups -OCH3 is 1. The number of nitrogens with two attached hydrogens (primary N) is 1. The van der Waals surface area contributed by atoms with E-state index in [4.69, 9.17) is 10.5 Å². The molecule has 1 aromatic carbocycles. The van der Waals surface area contributed by atoms with E-state index in [1.165, 1.54) is 5.56 Å². The summed E-state index contributed by atoms with van der Waals surface area (Å²) in [6, 6.07) is 7.47. The van der Waals surface area contributed by atoms with Gasteiger partial charge in [0.25, 0.3) is 0 Å². The molecule has 0 aliphatic carbocycles. The number of hydrogen-bond donors (Lipinski definition) is 1. The molecule has 0 bridgehead atoms. The predicted molar refractivity (Wildman–Crippen MR) is 72.1 cm³/mol. The van der Waals surface area contributed by atoms with E-state index in [9.17, 15) is 4.79 Å². The van der Waals surface area contributed by atoms with Crippen molar-refractivity contribution in [1.29, 1.82) is 0 Å². The van der Waals surface area contributed by atoms with Crippen molar-refractivity contribution >= 4 is 5.91 Å². The largest absolute Gasteiger partial charge is 0.383 e. The van der Waals surface area contributed by atoms with Gasteiger partial charge in [-0.25, -0.2) is 0 Å². The molecule has 2 N–H and O–H groups in total. The minimum Gasteiger partial charge on any atom is -0.383 e. The SMILES string of the molecule is CCN(Cc1ccccc1C)C(=O)C(N)COC. The Hall–Kier alpha value is -1.39. The van der Waals surface area contributed by atoms with Crippen molar-refractivity contribution in [2.24, 2.45) is 5.73 Å². The third kappa shape index (κ3) is 3.82. The van der Waals surface area contributed by atoms with Gasteiger partial charge in [-0.05, 0) is 25.0 Å². The molecule has 0 aliphatic heterocycles. The molecular formula is C14H22N2O2.